The predicted octanol–water partition coefficient (Wildman–Crippen LogP) is 2.86. The fourth-order valence-corrected chi connectivity index (χ4v) is 4.82. The molecular weight excluding hydrogens is 306 g/mol. The highest BCUT2D eigenvalue weighted by molar-refractivity contribution is 7.10. The second-order valence-electron chi connectivity index (χ2n) is 7.74. The largest absolute Gasteiger partial charge is 0.333 e. The quantitative estimate of drug-likeness (QED) is 0.924. The molecule has 0 aliphatic carbocycles. The molecule has 0 bridgehead atoms. The van der Waals surface area contributed by atoms with Crippen LogP contribution in [0.5, 0.6) is 0 Å². The van der Waals surface area contributed by atoms with Gasteiger partial charge in [-0.25, -0.2) is 0 Å². The van der Waals surface area contributed by atoms with Gasteiger partial charge < -0.3 is 10.6 Å². The number of likely N-dealkylation sites (tertiary alicyclic amines) is 2. The lowest BCUT2D eigenvalue weighted by molar-refractivity contribution is -0.138. The number of rotatable bonds is 3. The van der Waals surface area contributed by atoms with Crippen molar-refractivity contribution in [2.45, 2.75) is 58.2 Å². The first-order valence-corrected chi connectivity index (χ1v) is 9.61. The Balaban J connectivity index is 1.70. The molecule has 23 heavy (non-hydrogen) atoms. The van der Waals surface area contributed by atoms with E-state index in [1.54, 1.807) is 11.3 Å². The van der Waals surface area contributed by atoms with E-state index in [0.717, 1.165) is 38.9 Å². The van der Waals surface area contributed by atoms with Gasteiger partial charge >= 0.3 is 0 Å². The second kappa shape index (κ2) is 6.54. The Labute approximate surface area is 143 Å². The Kier molecular flexibility index (Phi) is 4.81. The molecule has 1 aromatic heterocycles. The van der Waals surface area contributed by atoms with Crippen LogP contribution in [-0.2, 0) is 4.79 Å². The molecule has 1 amide bonds. The van der Waals surface area contributed by atoms with Crippen LogP contribution in [0.25, 0.3) is 0 Å². The van der Waals surface area contributed by atoms with Crippen molar-refractivity contribution in [3.05, 3.63) is 22.4 Å². The lowest BCUT2D eigenvalue weighted by Gasteiger charge is -2.45. The predicted molar refractivity (Wildman–Crippen MR) is 95.4 cm³/mol. The van der Waals surface area contributed by atoms with Crippen molar-refractivity contribution in [1.82, 2.24) is 9.80 Å². The molecule has 2 aliphatic heterocycles. The molecule has 0 radical (unpaired) electrons. The van der Waals surface area contributed by atoms with Gasteiger partial charge in [-0.05, 0) is 43.0 Å². The van der Waals surface area contributed by atoms with E-state index in [4.69, 9.17) is 5.73 Å². The van der Waals surface area contributed by atoms with E-state index in [1.807, 2.05) is 0 Å². The zero-order chi connectivity index (χ0) is 16.6. The first-order chi connectivity index (χ1) is 10.9. The van der Waals surface area contributed by atoms with Crippen molar-refractivity contribution in [1.29, 1.82) is 0 Å². The molecular formula is C18H29N3OS. The van der Waals surface area contributed by atoms with E-state index in [9.17, 15) is 4.79 Å². The Hall–Kier alpha value is -0.910. The summed E-state index contributed by atoms with van der Waals surface area (Å²) in [6, 6.07) is 4.70. The molecule has 3 atom stereocenters. The number of carbonyl (C=O) groups is 1. The number of amides is 1. The normalized spacial score (nSPS) is 29.7. The number of hydrogen-bond donors (Lipinski definition) is 1. The van der Waals surface area contributed by atoms with Gasteiger partial charge in [-0.15, -0.1) is 11.3 Å². The van der Waals surface area contributed by atoms with Crippen LogP contribution in [0.3, 0.4) is 0 Å². The van der Waals surface area contributed by atoms with Gasteiger partial charge in [-0.3, -0.25) is 9.69 Å². The van der Waals surface area contributed by atoms with Crippen molar-refractivity contribution in [3.8, 4) is 0 Å². The summed E-state index contributed by atoms with van der Waals surface area (Å²) < 4.78 is 0. The molecule has 0 spiro atoms. The summed E-state index contributed by atoms with van der Waals surface area (Å²) >= 11 is 1.76. The molecule has 5 heteroatoms. The van der Waals surface area contributed by atoms with Crippen LogP contribution in [0, 0.1) is 5.41 Å². The molecule has 128 valence electrons. The minimum atomic E-state index is -0.0534. The van der Waals surface area contributed by atoms with Gasteiger partial charge in [0.1, 0.15) is 0 Å². The van der Waals surface area contributed by atoms with E-state index >= 15 is 0 Å². The average Bonchev–Trinajstić information content (AvgIpc) is 3.18. The summed E-state index contributed by atoms with van der Waals surface area (Å²) in [6.07, 6.45) is 3.17. The SMILES string of the molecule is CC(C(=O)N1CCCC1c1cccs1)N1CCC(N)C(C)(C)C1. The van der Waals surface area contributed by atoms with Crippen molar-refractivity contribution in [2.75, 3.05) is 19.6 Å². The summed E-state index contributed by atoms with van der Waals surface area (Å²) in [4.78, 5) is 18.9. The fraction of sp³-hybridized carbons (Fsp3) is 0.722. The maximum Gasteiger partial charge on any atom is 0.240 e. The topological polar surface area (TPSA) is 49.6 Å². The average molecular weight is 336 g/mol. The lowest BCUT2D eigenvalue weighted by atomic mass is 9.79. The summed E-state index contributed by atoms with van der Waals surface area (Å²) in [5.74, 6) is 0.284. The van der Waals surface area contributed by atoms with Crippen LogP contribution < -0.4 is 5.73 Å². The zero-order valence-electron chi connectivity index (χ0n) is 14.5. The minimum Gasteiger partial charge on any atom is -0.333 e. The summed E-state index contributed by atoms with van der Waals surface area (Å²) in [5, 5.41) is 2.11. The Morgan fingerprint density at radius 3 is 2.83 bits per heavy atom. The number of carbonyl (C=O) groups excluding carboxylic acids is 1. The number of nitrogens with zero attached hydrogens (tertiary/aromatic N) is 2. The zero-order valence-corrected chi connectivity index (χ0v) is 15.3. The molecule has 4 nitrogen and oxygen atoms in total. The fourth-order valence-electron chi connectivity index (χ4n) is 3.95. The summed E-state index contributed by atoms with van der Waals surface area (Å²) in [6.45, 7) is 9.21. The van der Waals surface area contributed by atoms with Crippen LogP contribution in [0.15, 0.2) is 17.5 Å². The van der Waals surface area contributed by atoms with Crippen molar-refractivity contribution < 1.29 is 4.79 Å². The first-order valence-electron chi connectivity index (χ1n) is 8.73. The number of nitrogens with two attached hydrogens (primary N) is 1. The number of hydrogen-bond acceptors (Lipinski definition) is 4. The van der Waals surface area contributed by atoms with E-state index in [2.05, 4.69) is 48.1 Å². The van der Waals surface area contributed by atoms with Crippen LogP contribution in [0.4, 0.5) is 0 Å². The minimum absolute atomic E-state index is 0.0534. The molecule has 1 aromatic rings. The Morgan fingerprint density at radius 2 is 2.17 bits per heavy atom. The van der Waals surface area contributed by atoms with Crippen LogP contribution >= 0.6 is 11.3 Å². The Bertz CT molecular complexity index is 542. The highest BCUT2D eigenvalue weighted by Crippen LogP contribution is 2.36. The summed E-state index contributed by atoms with van der Waals surface area (Å²) in [7, 11) is 0. The molecule has 0 aromatic carbocycles. The van der Waals surface area contributed by atoms with Gasteiger partial charge in [0.15, 0.2) is 0 Å². The smallest absolute Gasteiger partial charge is 0.240 e. The number of thiophene rings is 1. The highest BCUT2D eigenvalue weighted by Gasteiger charge is 2.39. The van der Waals surface area contributed by atoms with Gasteiger partial charge in [0.05, 0.1) is 12.1 Å². The van der Waals surface area contributed by atoms with Crippen molar-refractivity contribution in [3.63, 3.8) is 0 Å². The highest BCUT2D eigenvalue weighted by atomic mass is 32.1. The van der Waals surface area contributed by atoms with Crippen molar-refractivity contribution >= 4 is 17.2 Å². The third kappa shape index (κ3) is 3.32. The van der Waals surface area contributed by atoms with Gasteiger partial charge in [0, 0.05) is 30.6 Å². The third-order valence-electron chi connectivity index (χ3n) is 5.65. The first kappa shape index (κ1) is 16.9. The van der Waals surface area contributed by atoms with Gasteiger partial charge in [-0.2, -0.15) is 0 Å². The van der Waals surface area contributed by atoms with E-state index in [0.29, 0.717) is 0 Å². The number of piperidine rings is 1. The van der Waals surface area contributed by atoms with Crippen LogP contribution in [0.2, 0.25) is 0 Å². The molecule has 3 heterocycles. The van der Waals surface area contributed by atoms with Gasteiger partial charge in [0.2, 0.25) is 5.91 Å². The molecule has 2 N–H and O–H groups in total. The standard InChI is InChI=1S/C18H29N3OS/c1-13(20-10-8-16(19)18(2,3)12-20)17(22)21-9-4-6-14(21)15-7-5-11-23-15/h5,7,11,13-14,16H,4,6,8-10,12,19H2,1-3H3. The molecule has 2 aliphatic rings. The maximum atomic E-state index is 13.1. The molecule has 0 saturated carbocycles. The van der Waals surface area contributed by atoms with Crippen LogP contribution in [0.1, 0.15) is 51.0 Å². The molecule has 3 unspecified atom stereocenters. The van der Waals surface area contributed by atoms with Gasteiger partial charge in [0.25, 0.3) is 0 Å². The van der Waals surface area contributed by atoms with Crippen LogP contribution in [-0.4, -0.2) is 47.4 Å². The Morgan fingerprint density at radius 1 is 1.39 bits per heavy atom. The molecule has 3 rings (SSSR count). The van der Waals surface area contributed by atoms with E-state index in [1.165, 1.54) is 4.88 Å². The van der Waals surface area contributed by atoms with E-state index in [-0.39, 0.29) is 29.4 Å². The van der Waals surface area contributed by atoms with Crippen molar-refractivity contribution in [2.24, 2.45) is 11.1 Å². The maximum absolute atomic E-state index is 13.1. The monoisotopic (exact) mass is 335 g/mol. The summed E-state index contributed by atoms with van der Waals surface area (Å²) in [5.41, 5.74) is 6.31. The lowest BCUT2D eigenvalue weighted by Crippen LogP contribution is -2.57. The van der Waals surface area contributed by atoms with Gasteiger partial charge in [-0.1, -0.05) is 19.9 Å². The second-order valence-corrected chi connectivity index (χ2v) is 8.71. The molecule has 2 saturated heterocycles. The molecule has 2 fully saturated rings. The third-order valence-corrected chi connectivity index (χ3v) is 6.63. The van der Waals surface area contributed by atoms with E-state index < -0.39 is 0 Å².